The molecule has 1 aliphatic rings. The topological polar surface area (TPSA) is 60.5 Å². The van der Waals surface area contributed by atoms with Gasteiger partial charge in [-0.15, -0.1) is 11.3 Å². The van der Waals surface area contributed by atoms with Crippen LogP contribution in [-0.2, 0) is 16.1 Å². The molecule has 0 spiro atoms. The Balaban J connectivity index is 1.59. The van der Waals surface area contributed by atoms with Crippen LogP contribution in [0, 0.1) is 0 Å². The third-order valence-corrected chi connectivity index (χ3v) is 5.48. The van der Waals surface area contributed by atoms with Crippen LogP contribution in [0.4, 0.5) is 0 Å². The zero-order chi connectivity index (χ0) is 17.6. The summed E-state index contributed by atoms with van der Waals surface area (Å²) in [6.07, 6.45) is 2.33. The van der Waals surface area contributed by atoms with Gasteiger partial charge in [-0.25, -0.2) is 0 Å². The maximum Gasteiger partial charge on any atom is 0.252 e. The molecule has 134 valence electrons. The minimum absolute atomic E-state index is 0.0403. The number of thiophene rings is 1. The van der Waals surface area contributed by atoms with Gasteiger partial charge in [0.2, 0.25) is 0 Å². The van der Waals surface area contributed by atoms with Gasteiger partial charge in [-0.3, -0.25) is 9.78 Å². The Labute approximate surface area is 152 Å². The van der Waals surface area contributed by atoms with Crippen molar-refractivity contribution in [1.29, 1.82) is 0 Å². The predicted octanol–water partition coefficient (Wildman–Crippen LogP) is 3.37. The summed E-state index contributed by atoms with van der Waals surface area (Å²) in [6, 6.07) is 7.67. The fraction of sp³-hybridized carbons (Fsp3) is 0.474. The first-order chi connectivity index (χ1) is 12.1. The van der Waals surface area contributed by atoms with E-state index < -0.39 is 0 Å². The lowest BCUT2D eigenvalue weighted by molar-refractivity contribution is -0.0743. The van der Waals surface area contributed by atoms with Crippen molar-refractivity contribution in [2.24, 2.45) is 0 Å². The number of hydrogen-bond acceptors (Lipinski definition) is 5. The number of ether oxygens (including phenoxy) is 2. The Morgan fingerprint density at radius 3 is 3.08 bits per heavy atom. The van der Waals surface area contributed by atoms with E-state index >= 15 is 0 Å². The second-order valence-corrected chi connectivity index (χ2v) is 7.45. The predicted molar refractivity (Wildman–Crippen MR) is 97.9 cm³/mol. The second kappa shape index (κ2) is 8.56. The van der Waals surface area contributed by atoms with E-state index in [-0.39, 0.29) is 18.1 Å². The first-order valence-corrected chi connectivity index (χ1v) is 9.50. The fourth-order valence-corrected chi connectivity index (χ4v) is 3.65. The van der Waals surface area contributed by atoms with Crippen molar-refractivity contribution in [2.75, 3.05) is 13.2 Å². The highest BCUT2D eigenvalue weighted by atomic mass is 32.1. The van der Waals surface area contributed by atoms with Crippen molar-refractivity contribution < 1.29 is 14.3 Å². The molecule has 1 amide bonds. The van der Waals surface area contributed by atoms with Crippen LogP contribution in [0.2, 0.25) is 0 Å². The molecule has 25 heavy (non-hydrogen) atoms. The van der Waals surface area contributed by atoms with Crippen LogP contribution in [0.25, 0.3) is 0 Å². The molecule has 5 nitrogen and oxygen atoms in total. The molecule has 3 heterocycles. The van der Waals surface area contributed by atoms with E-state index in [4.69, 9.17) is 9.47 Å². The quantitative estimate of drug-likeness (QED) is 0.858. The average Bonchev–Trinajstić information content (AvgIpc) is 3.12. The van der Waals surface area contributed by atoms with Gasteiger partial charge in [-0.1, -0.05) is 19.9 Å². The van der Waals surface area contributed by atoms with Crippen molar-refractivity contribution in [1.82, 2.24) is 10.3 Å². The number of nitrogens with zero attached hydrogens (tertiary/aromatic N) is 1. The Hall–Kier alpha value is -1.76. The van der Waals surface area contributed by atoms with Crippen LogP contribution in [-0.4, -0.2) is 36.3 Å². The van der Waals surface area contributed by atoms with Gasteiger partial charge in [0.25, 0.3) is 5.91 Å². The molecule has 6 heteroatoms. The molecule has 1 fully saturated rings. The molecule has 0 bridgehead atoms. The van der Waals surface area contributed by atoms with E-state index in [1.54, 1.807) is 17.5 Å². The van der Waals surface area contributed by atoms with E-state index in [9.17, 15) is 4.79 Å². The molecular formula is C19H24N2O3S. The van der Waals surface area contributed by atoms with Gasteiger partial charge < -0.3 is 14.8 Å². The molecule has 0 radical (unpaired) electrons. The highest BCUT2D eigenvalue weighted by Gasteiger charge is 2.28. The molecule has 1 N–H and O–H groups in total. The summed E-state index contributed by atoms with van der Waals surface area (Å²) in [6.45, 7) is 5.80. The van der Waals surface area contributed by atoms with Gasteiger partial charge in [0, 0.05) is 23.1 Å². The van der Waals surface area contributed by atoms with Gasteiger partial charge in [-0.2, -0.15) is 0 Å². The van der Waals surface area contributed by atoms with Gasteiger partial charge in [-0.05, 0) is 30.5 Å². The Morgan fingerprint density at radius 1 is 1.48 bits per heavy atom. The van der Waals surface area contributed by atoms with Crippen molar-refractivity contribution in [3.63, 3.8) is 0 Å². The SMILES string of the molecule is CC(C)c1cc(C(=O)N[C@@H]2CCOC[C@H]2OCc2ccccn2)cs1. The molecule has 0 saturated carbocycles. The first-order valence-electron chi connectivity index (χ1n) is 8.62. The molecule has 2 aromatic heterocycles. The first kappa shape index (κ1) is 18.0. The standard InChI is InChI=1S/C19H24N2O3S/c1-13(2)18-9-14(12-25-18)19(22)21-16-6-8-23-11-17(16)24-10-15-5-3-4-7-20-15/h3-5,7,9,12-13,16-17H,6,8,10-11H2,1-2H3,(H,21,22)/t16-,17-/m1/s1. The number of pyridine rings is 1. The third kappa shape index (κ3) is 4.87. The van der Waals surface area contributed by atoms with Crippen molar-refractivity contribution in [3.05, 3.63) is 52.0 Å². The summed E-state index contributed by atoms with van der Waals surface area (Å²) in [5.41, 5.74) is 1.60. The summed E-state index contributed by atoms with van der Waals surface area (Å²) in [7, 11) is 0. The normalized spacial score (nSPS) is 20.6. The molecule has 2 aromatic rings. The molecule has 3 rings (SSSR count). The molecule has 0 aliphatic carbocycles. The monoisotopic (exact) mass is 360 g/mol. The van der Waals surface area contributed by atoms with E-state index in [1.807, 2.05) is 29.6 Å². The van der Waals surface area contributed by atoms with Gasteiger partial charge in [0.1, 0.15) is 6.10 Å². The van der Waals surface area contributed by atoms with Crippen molar-refractivity contribution >= 4 is 17.2 Å². The summed E-state index contributed by atoms with van der Waals surface area (Å²) >= 11 is 1.63. The lowest BCUT2D eigenvalue weighted by Crippen LogP contribution is -2.49. The number of nitrogens with one attached hydrogen (secondary N) is 1. The number of carbonyl (C=O) groups excluding carboxylic acids is 1. The lowest BCUT2D eigenvalue weighted by atomic mass is 10.1. The zero-order valence-electron chi connectivity index (χ0n) is 14.6. The number of amides is 1. The summed E-state index contributed by atoms with van der Waals surface area (Å²) in [5.74, 6) is 0.394. The maximum atomic E-state index is 12.6. The van der Waals surface area contributed by atoms with Crippen LogP contribution >= 0.6 is 11.3 Å². The number of rotatable bonds is 6. The van der Waals surface area contributed by atoms with Crippen LogP contribution < -0.4 is 5.32 Å². The molecule has 0 aromatic carbocycles. The minimum Gasteiger partial charge on any atom is -0.379 e. The third-order valence-electron chi connectivity index (χ3n) is 4.24. The smallest absolute Gasteiger partial charge is 0.252 e. The van der Waals surface area contributed by atoms with E-state index in [0.717, 1.165) is 17.7 Å². The molecule has 1 saturated heterocycles. The van der Waals surface area contributed by atoms with E-state index in [2.05, 4.69) is 24.1 Å². The minimum atomic E-state index is -0.164. The molecular weight excluding hydrogens is 336 g/mol. The lowest BCUT2D eigenvalue weighted by Gasteiger charge is -2.32. The summed E-state index contributed by atoms with van der Waals surface area (Å²) in [5, 5.41) is 5.04. The zero-order valence-corrected chi connectivity index (χ0v) is 15.4. The van der Waals surface area contributed by atoms with Gasteiger partial charge in [0.05, 0.1) is 30.5 Å². The number of carbonyl (C=O) groups is 1. The Bertz CT molecular complexity index is 687. The van der Waals surface area contributed by atoms with Crippen molar-refractivity contribution in [3.8, 4) is 0 Å². The molecule has 0 unspecified atom stereocenters. The number of hydrogen-bond donors (Lipinski definition) is 1. The summed E-state index contributed by atoms with van der Waals surface area (Å²) in [4.78, 5) is 18.0. The maximum absolute atomic E-state index is 12.6. The largest absolute Gasteiger partial charge is 0.379 e. The summed E-state index contributed by atoms with van der Waals surface area (Å²) < 4.78 is 11.5. The van der Waals surface area contributed by atoms with E-state index in [1.165, 1.54) is 4.88 Å². The van der Waals surface area contributed by atoms with E-state index in [0.29, 0.717) is 25.7 Å². The average molecular weight is 360 g/mol. The van der Waals surface area contributed by atoms with Crippen LogP contribution in [0.1, 0.15) is 47.1 Å². The van der Waals surface area contributed by atoms with Crippen LogP contribution in [0.5, 0.6) is 0 Å². The molecule has 2 atom stereocenters. The van der Waals surface area contributed by atoms with Gasteiger partial charge >= 0.3 is 0 Å². The van der Waals surface area contributed by atoms with Crippen LogP contribution in [0.15, 0.2) is 35.8 Å². The Kier molecular flexibility index (Phi) is 6.18. The molecule has 1 aliphatic heterocycles. The highest BCUT2D eigenvalue weighted by molar-refractivity contribution is 7.10. The highest BCUT2D eigenvalue weighted by Crippen LogP contribution is 2.23. The van der Waals surface area contributed by atoms with Gasteiger partial charge in [0.15, 0.2) is 0 Å². The fourth-order valence-electron chi connectivity index (χ4n) is 2.74. The van der Waals surface area contributed by atoms with Crippen molar-refractivity contribution in [2.45, 2.75) is 44.9 Å². The Morgan fingerprint density at radius 2 is 2.36 bits per heavy atom. The van der Waals surface area contributed by atoms with Crippen LogP contribution in [0.3, 0.4) is 0 Å². The second-order valence-electron chi connectivity index (χ2n) is 6.51. The number of aromatic nitrogens is 1.